The summed E-state index contributed by atoms with van der Waals surface area (Å²) in [5.41, 5.74) is 11.4. The lowest BCUT2D eigenvalue weighted by Gasteiger charge is -2.10. The molecule has 0 aliphatic rings. The quantitative estimate of drug-likeness (QED) is 0.595. The first-order valence-corrected chi connectivity index (χ1v) is 6.09. The van der Waals surface area contributed by atoms with E-state index in [-0.39, 0.29) is 0 Å². The molecule has 0 radical (unpaired) electrons. The van der Waals surface area contributed by atoms with E-state index in [1.807, 2.05) is 43.4 Å². The SMILES string of the molecule is C=CC=C(C=CC)C(C)=C(C)c1cccc(N)c1. The van der Waals surface area contributed by atoms with Crippen LogP contribution in [-0.2, 0) is 0 Å². The number of allylic oxidation sites excluding steroid dienone is 7. The lowest BCUT2D eigenvalue weighted by Crippen LogP contribution is -1.91. The molecule has 1 aromatic rings. The minimum Gasteiger partial charge on any atom is -0.399 e. The Hall–Kier alpha value is -2.02. The maximum Gasteiger partial charge on any atom is 0.0320 e. The van der Waals surface area contributed by atoms with Crippen molar-refractivity contribution in [3.8, 4) is 0 Å². The van der Waals surface area contributed by atoms with E-state index in [2.05, 4.69) is 32.6 Å². The van der Waals surface area contributed by atoms with Gasteiger partial charge in [-0.3, -0.25) is 0 Å². The maximum absolute atomic E-state index is 5.82. The van der Waals surface area contributed by atoms with E-state index < -0.39 is 0 Å². The van der Waals surface area contributed by atoms with Gasteiger partial charge in [0, 0.05) is 5.69 Å². The molecule has 0 atom stereocenters. The summed E-state index contributed by atoms with van der Waals surface area (Å²) >= 11 is 0. The van der Waals surface area contributed by atoms with Gasteiger partial charge in [0.2, 0.25) is 0 Å². The molecule has 18 heavy (non-hydrogen) atoms. The second kappa shape index (κ2) is 6.65. The third kappa shape index (κ3) is 3.49. The molecule has 1 rings (SSSR count). The molecule has 1 heteroatoms. The van der Waals surface area contributed by atoms with Crippen LogP contribution < -0.4 is 5.73 Å². The number of anilines is 1. The summed E-state index contributed by atoms with van der Waals surface area (Å²) in [4.78, 5) is 0. The first kappa shape index (κ1) is 14.0. The monoisotopic (exact) mass is 239 g/mol. The van der Waals surface area contributed by atoms with Crippen molar-refractivity contribution in [2.75, 3.05) is 5.73 Å². The number of rotatable bonds is 4. The number of nitrogen functional groups attached to an aromatic ring is 1. The van der Waals surface area contributed by atoms with Crippen LogP contribution in [0.4, 0.5) is 5.69 Å². The number of nitrogens with two attached hydrogens (primary N) is 1. The van der Waals surface area contributed by atoms with Crippen LogP contribution >= 0.6 is 0 Å². The molecule has 0 unspecified atom stereocenters. The van der Waals surface area contributed by atoms with Crippen LogP contribution in [0.2, 0.25) is 0 Å². The van der Waals surface area contributed by atoms with Crippen molar-refractivity contribution in [1.29, 1.82) is 0 Å². The van der Waals surface area contributed by atoms with Crippen LogP contribution in [0, 0.1) is 0 Å². The van der Waals surface area contributed by atoms with Gasteiger partial charge in [-0.25, -0.2) is 0 Å². The fraction of sp³-hybridized carbons (Fsp3) is 0.176. The molecular weight excluding hydrogens is 218 g/mol. The summed E-state index contributed by atoms with van der Waals surface area (Å²) in [6, 6.07) is 7.96. The van der Waals surface area contributed by atoms with Crippen LogP contribution in [0.5, 0.6) is 0 Å². The van der Waals surface area contributed by atoms with Crippen molar-refractivity contribution < 1.29 is 0 Å². The van der Waals surface area contributed by atoms with Gasteiger partial charge >= 0.3 is 0 Å². The van der Waals surface area contributed by atoms with E-state index in [9.17, 15) is 0 Å². The molecule has 1 aromatic carbocycles. The average Bonchev–Trinajstić information content (AvgIpc) is 2.37. The Bertz CT molecular complexity index is 516. The summed E-state index contributed by atoms with van der Waals surface area (Å²) in [5.74, 6) is 0. The highest BCUT2D eigenvalue weighted by Crippen LogP contribution is 2.25. The van der Waals surface area contributed by atoms with E-state index in [0.717, 1.165) is 11.3 Å². The second-order valence-electron chi connectivity index (χ2n) is 4.23. The van der Waals surface area contributed by atoms with Gasteiger partial charge in [-0.2, -0.15) is 0 Å². The van der Waals surface area contributed by atoms with E-state index >= 15 is 0 Å². The lowest BCUT2D eigenvalue weighted by atomic mass is 9.96. The molecule has 94 valence electrons. The van der Waals surface area contributed by atoms with E-state index in [1.165, 1.54) is 16.7 Å². The number of hydrogen-bond donors (Lipinski definition) is 1. The molecule has 0 aliphatic carbocycles. The Kier molecular flexibility index (Phi) is 5.19. The molecule has 0 amide bonds. The first-order valence-electron chi connectivity index (χ1n) is 6.09. The molecule has 0 fully saturated rings. The molecule has 0 bridgehead atoms. The fourth-order valence-electron chi connectivity index (χ4n) is 1.82. The highest BCUT2D eigenvalue weighted by molar-refractivity contribution is 5.73. The van der Waals surface area contributed by atoms with Gasteiger partial charge in [0.1, 0.15) is 0 Å². The molecule has 1 nitrogen and oxygen atoms in total. The Labute approximate surface area is 110 Å². The van der Waals surface area contributed by atoms with Crippen molar-refractivity contribution in [3.05, 3.63) is 71.9 Å². The second-order valence-corrected chi connectivity index (χ2v) is 4.23. The van der Waals surface area contributed by atoms with Gasteiger partial charge in [-0.15, -0.1) is 0 Å². The minimum absolute atomic E-state index is 0.792. The standard InChI is InChI=1S/C17H21N/c1-5-8-15(9-6-2)13(3)14(4)16-10-7-11-17(18)12-16/h5-12H,1,18H2,2-4H3. The maximum atomic E-state index is 5.82. The first-order chi connectivity index (χ1) is 8.60. The molecule has 0 spiro atoms. The van der Waals surface area contributed by atoms with Gasteiger partial charge in [0.15, 0.2) is 0 Å². The summed E-state index contributed by atoms with van der Waals surface area (Å²) in [6.45, 7) is 10.0. The Morgan fingerprint density at radius 2 is 2.00 bits per heavy atom. The molecule has 0 aromatic heterocycles. The predicted molar refractivity (Wildman–Crippen MR) is 82.2 cm³/mol. The molecule has 0 heterocycles. The zero-order valence-electron chi connectivity index (χ0n) is 11.4. The van der Waals surface area contributed by atoms with Crippen LogP contribution in [0.3, 0.4) is 0 Å². The van der Waals surface area contributed by atoms with Gasteiger partial charge in [0.05, 0.1) is 0 Å². The predicted octanol–water partition coefficient (Wildman–Crippen LogP) is 4.75. The normalized spacial score (nSPS) is 13.6. The van der Waals surface area contributed by atoms with Crippen molar-refractivity contribution in [1.82, 2.24) is 0 Å². The fourth-order valence-corrected chi connectivity index (χ4v) is 1.82. The van der Waals surface area contributed by atoms with Crippen LogP contribution in [0.1, 0.15) is 26.3 Å². The topological polar surface area (TPSA) is 26.0 Å². The average molecular weight is 239 g/mol. The van der Waals surface area contributed by atoms with Crippen molar-refractivity contribution in [2.45, 2.75) is 20.8 Å². The summed E-state index contributed by atoms with van der Waals surface area (Å²) < 4.78 is 0. The zero-order valence-corrected chi connectivity index (χ0v) is 11.4. The van der Waals surface area contributed by atoms with Crippen LogP contribution in [-0.4, -0.2) is 0 Å². The van der Waals surface area contributed by atoms with Crippen LogP contribution in [0.25, 0.3) is 5.57 Å². The summed E-state index contributed by atoms with van der Waals surface area (Å²) in [5, 5.41) is 0. The molecule has 0 aliphatic heterocycles. The van der Waals surface area contributed by atoms with E-state index in [4.69, 9.17) is 5.73 Å². The summed E-state index contributed by atoms with van der Waals surface area (Å²) in [6.07, 6.45) is 7.95. The van der Waals surface area contributed by atoms with Crippen molar-refractivity contribution in [3.63, 3.8) is 0 Å². The minimum atomic E-state index is 0.792. The smallest absolute Gasteiger partial charge is 0.0320 e. The van der Waals surface area contributed by atoms with Gasteiger partial charge in [-0.1, -0.05) is 43.0 Å². The largest absolute Gasteiger partial charge is 0.399 e. The van der Waals surface area contributed by atoms with Crippen LogP contribution in [0.15, 0.2) is 66.3 Å². The number of hydrogen-bond acceptors (Lipinski definition) is 1. The van der Waals surface area contributed by atoms with E-state index in [0.29, 0.717) is 0 Å². The molecule has 0 saturated carbocycles. The Morgan fingerprint density at radius 3 is 2.56 bits per heavy atom. The third-order valence-electron chi connectivity index (χ3n) is 2.96. The lowest BCUT2D eigenvalue weighted by molar-refractivity contribution is 1.39. The number of benzene rings is 1. The molecule has 0 saturated heterocycles. The summed E-state index contributed by atoms with van der Waals surface area (Å²) in [7, 11) is 0. The molecule has 2 N–H and O–H groups in total. The van der Waals surface area contributed by atoms with Gasteiger partial charge < -0.3 is 5.73 Å². The van der Waals surface area contributed by atoms with Gasteiger partial charge in [-0.05, 0) is 55.2 Å². The van der Waals surface area contributed by atoms with Gasteiger partial charge in [0.25, 0.3) is 0 Å². The Morgan fingerprint density at radius 1 is 1.28 bits per heavy atom. The highest BCUT2D eigenvalue weighted by atomic mass is 14.5. The molecular formula is C17H21N. The van der Waals surface area contributed by atoms with Crippen molar-refractivity contribution in [2.24, 2.45) is 0 Å². The zero-order chi connectivity index (χ0) is 13.5. The van der Waals surface area contributed by atoms with E-state index in [1.54, 1.807) is 0 Å². The highest BCUT2D eigenvalue weighted by Gasteiger charge is 2.03. The van der Waals surface area contributed by atoms with Crippen molar-refractivity contribution >= 4 is 11.3 Å². The Balaban J connectivity index is 3.26. The third-order valence-corrected chi connectivity index (χ3v) is 2.96.